The first kappa shape index (κ1) is 11.7. The van der Waals surface area contributed by atoms with Gasteiger partial charge in [-0.05, 0) is 50.0 Å². The highest BCUT2D eigenvalue weighted by atomic mass is 35.5. The zero-order valence-electron chi connectivity index (χ0n) is 11.1. The second-order valence-corrected chi connectivity index (χ2v) is 6.35. The quantitative estimate of drug-likeness (QED) is 0.931. The fourth-order valence-electron chi connectivity index (χ4n) is 3.00. The molecule has 1 aromatic heterocycles. The van der Waals surface area contributed by atoms with Crippen LogP contribution in [0.5, 0.6) is 0 Å². The van der Waals surface area contributed by atoms with Crippen molar-refractivity contribution in [3.63, 3.8) is 0 Å². The molecule has 0 radical (unpaired) electrons. The van der Waals surface area contributed by atoms with E-state index in [0.717, 1.165) is 29.5 Å². The molecule has 1 N–H and O–H groups in total. The molecule has 1 atom stereocenters. The minimum Gasteiger partial charge on any atom is -0.325 e. The average Bonchev–Trinajstić information content (AvgIpc) is 3.07. The maximum absolute atomic E-state index is 6.10. The molecule has 3 nitrogen and oxygen atoms in total. The van der Waals surface area contributed by atoms with Crippen LogP contribution in [0.3, 0.4) is 0 Å². The summed E-state index contributed by atoms with van der Waals surface area (Å²) >= 11 is 6.10. The molecular formula is C15H18ClN3. The average molecular weight is 276 g/mol. The van der Waals surface area contributed by atoms with E-state index in [4.69, 9.17) is 16.6 Å². The van der Waals surface area contributed by atoms with Gasteiger partial charge in [-0.15, -0.1) is 0 Å². The molecule has 0 bridgehead atoms. The Kier molecular flexibility index (Phi) is 2.61. The van der Waals surface area contributed by atoms with Gasteiger partial charge in [-0.2, -0.15) is 0 Å². The lowest BCUT2D eigenvalue weighted by molar-refractivity contribution is 0.291. The highest BCUT2D eigenvalue weighted by Crippen LogP contribution is 2.42. The molecule has 1 aliphatic heterocycles. The maximum atomic E-state index is 6.10. The van der Waals surface area contributed by atoms with Crippen LogP contribution < -0.4 is 5.32 Å². The van der Waals surface area contributed by atoms with E-state index < -0.39 is 0 Å². The van der Waals surface area contributed by atoms with E-state index in [1.165, 1.54) is 24.2 Å². The molecule has 100 valence electrons. The SMILES string of the molecule is CC(c1nc2cc(Cl)ccc2n1C1CC1)C1CNC1. The Balaban J connectivity index is 1.85. The number of hydrogen-bond donors (Lipinski definition) is 1. The predicted molar refractivity (Wildman–Crippen MR) is 77.8 cm³/mol. The van der Waals surface area contributed by atoms with Crippen molar-refractivity contribution < 1.29 is 0 Å². The second-order valence-electron chi connectivity index (χ2n) is 5.91. The van der Waals surface area contributed by atoms with Gasteiger partial charge in [-0.1, -0.05) is 18.5 Å². The summed E-state index contributed by atoms with van der Waals surface area (Å²) in [5.74, 6) is 2.50. The van der Waals surface area contributed by atoms with Crippen molar-refractivity contribution >= 4 is 22.6 Å². The fourth-order valence-corrected chi connectivity index (χ4v) is 3.17. The molecule has 2 heterocycles. The van der Waals surface area contributed by atoms with E-state index >= 15 is 0 Å². The minimum absolute atomic E-state index is 0.521. The molecule has 1 unspecified atom stereocenters. The third-order valence-electron chi connectivity index (χ3n) is 4.52. The van der Waals surface area contributed by atoms with Gasteiger partial charge < -0.3 is 9.88 Å². The van der Waals surface area contributed by atoms with Crippen LogP contribution in [0.1, 0.15) is 37.5 Å². The zero-order valence-corrected chi connectivity index (χ0v) is 11.8. The molecule has 0 amide bonds. The molecule has 19 heavy (non-hydrogen) atoms. The number of rotatable bonds is 3. The van der Waals surface area contributed by atoms with Gasteiger partial charge in [0.15, 0.2) is 0 Å². The summed E-state index contributed by atoms with van der Waals surface area (Å²) in [7, 11) is 0. The van der Waals surface area contributed by atoms with Crippen LogP contribution in [0.2, 0.25) is 5.02 Å². The molecule has 1 saturated carbocycles. The van der Waals surface area contributed by atoms with Crippen LogP contribution >= 0.6 is 11.6 Å². The number of nitrogens with zero attached hydrogens (tertiary/aromatic N) is 2. The number of imidazole rings is 1. The van der Waals surface area contributed by atoms with Crippen LogP contribution in [0, 0.1) is 5.92 Å². The van der Waals surface area contributed by atoms with Gasteiger partial charge >= 0.3 is 0 Å². The Morgan fingerprint density at radius 1 is 1.37 bits per heavy atom. The Hall–Kier alpha value is -1.06. The highest BCUT2D eigenvalue weighted by Gasteiger charge is 2.33. The van der Waals surface area contributed by atoms with Gasteiger partial charge in [0, 0.05) is 17.0 Å². The number of nitrogens with one attached hydrogen (secondary N) is 1. The molecule has 2 fully saturated rings. The van der Waals surface area contributed by atoms with E-state index in [-0.39, 0.29) is 0 Å². The van der Waals surface area contributed by atoms with E-state index in [1.54, 1.807) is 0 Å². The third-order valence-corrected chi connectivity index (χ3v) is 4.75. The Labute approximate surface area is 118 Å². The fraction of sp³-hybridized carbons (Fsp3) is 0.533. The molecular weight excluding hydrogens is 258 g/mol. The first-order chi connectivity index (χ1) is 9.24. The van der Waals surface area contributed by atoms with Gasteiger partial charge in [0.1, 0.15) is 5.82 Å². The minimum atomic E-state index is 0.521. The van der Waals surface area contributed by atoms with E-state index in [2.05, 4.69) is 22.9 Å². The summed E-state index contributed by atoms with van der Waals surface area (Å²) in [5, 5.41) is 4.14. The molecule has 0 spiro atoms. The Morgan fingerprint density at radius 2 is 2.16 bits per heavy atom. The molecule has 2 aromatic rings. The van der Waals surface area contributed by atoms with Gasteiger partial charge in [0.05, 0.1) is 11.0 Å². The standard InChI is InChI=1S/C15H18ClN3/c1-9(10-7-17-8-10)15-18-13-6-11(16)2-5-14(13)19(15)12-3-4-12/h2,5-6,9-10,12,17H,3-4,7-8H2,1H3. The van der Waals surface area contributed by atoms with Crippen molar-refractivity contribution in [2.45, 2.75) is 31.7 Å². The number of benzene rings is 1. The number of fused-ring (bicyclic) bond motifs is 1. The largest absolute Gasteiger partial charge is 0.325 e. The van der Waals surface area contributed by atoms with Gasteiger partial charge in [0.25, 0.3) is 0 Å². The highest BCUT2D eigenvalue weighted by molar-refractivity contribution is 6.31. The number of hydrogen-bond acceptors (Lipinski definition) is 2. The van der Waals surface area contributed by atoms with Gasteiger partial charge in [-0.25, -0.2) is 4.98 Å². The van der Waals surface area contributed by atoms with Crippen LogP contribution in [0.4, 0.5) is 0 Å². The van der Waals surface area contributed by atoms with Crippen molar-refractivity contribution in [2.24, 2.45) is 5.92 Å². The number of halogens is 1. The van der Waals surface area contributed by atoms with Gasteiger partial charge in [0.2, 0.25) is 0 Å². The predicted octanol–water partition coefficient (Wildman–Crippen LogP) is 3.35. The molecule has 4 rings (SSSR count). The van der Waals surface area contributed by atoms with Crippen molar-refractivity contribution in [2.75, 3.05) is 13.1 Å². The summed E-state index contributed by atoms with van der Waals surface area (Å²) in [5.41, 5.74) is 2.30. The molecule has 4 heteroatoms. The Morgan fingerprint density at radius 3 is 2.79 bits per heavy atom. The van der Waals surface area contributed by atoms with Crippen molar-refractivity contribution in [1.29, 1.82) is 0 Å². The number of aromatic nitrogens is 2. The van der Waals surface area contributed by atoms with E-state index in [0.29, 0.717) is 12.0 Å². The zero-order chi connectivity index (χ0) is 13.0. The Bertz CT molecular complexity index is 626. The molecule has 1 aromatic carbocycles. The molecule has 2 aliphatic rings. The topological polar surface area (TPSA) is 29.9 Å². The second kappa shape index (κ2) is 4.22. The first-order valence-corrected chi connectivity index (χ1v) is 7.50. The van der Waals surface area contributed by atoms with Crippen LogP contribution in [0.25, 0.3) is 11.0 Å². The van der Waals surface area contributed by atoms with Crippen molar-refractivity contribution in [3.05, 3.63) is 29.0 Å². The lowest BCUT2D eigenvalue weighted by atomic mass is 9.88. The summed E-state index contributed by atoms with van der Waals surface area (Å²) in [6, 6.07) is 6.75. The van der Waals surface area contributed by atoms with E-state index in [9.17, 15) is 0 Å². The monoisotopic (exact) mass is 275 g/mol. The summed E-state index contributed by atoms with van der Waals surface area (Å²) in [4.78, 5) is 4.89. The third kappa shape index (κ3) is 1.87. The first-order valence-electron chi connectivity index (χ1n) is 7.12. The van der Waals surface area contributed by atoms with E-state index in [1.807, 2.05) is 12.1 Å². The van der Waals surface area contributed by atoms with Crippen molar-refractivity contribution in [1.82, 2.24) is 14.9 Å². The summed E-state index contributed by atoms with van der Waals surface area (Å²) < 4.78 is 2.47. The maximum Gasteiger partial charge on any atom is 0.113 e. The normalized spacial score (nSPS) is 21.6. The van der Waals surface area contributed by atoms with Crippen molar-refractivity contribution in [3.8, 4) is 0 Å². The lowest BCUT2D eigenvalue weighted by Crippen LogP contribution is -2.45. The van der Waals surface area contributed by atoms with Crippen LogP contribution in [0.15, 0.2) is 18.2 Å². The molecule has 1 aliphatic carbocycles. The summed E-state index contributed by atoms with van der Waals surface area (Å²) in [6.45, 7) is 4.55. The van der Waals surface area contributed by atoms with Gasteiger partial charge in [-0.3, -0.25) is 0 Å². The summed E-state index contributed by atoms with van der Waals surface area (Å²) in [6.07, 6.45) is 2.58. The van der Waals surface area contributed by atoms with Crippen LogP contribution in [-0.2, 0) is 0 Å². The smallest absolute Gasteiger partial charge is 0.113 e. The lowest BCUT2D eigenvalue weighted by Gasteiger charge is -2.32. The molecule has 1 saturated heterocycles. The van der Waals surface area contributed by atoms with Crippen LogP contribution in [-0.4, -0.2) is 22.6 Å².